The number of hydrogen-bond donors (Lipinski definition) is 1. The van der Waals surface area contributed by atoms with Gasteiger partial charge in [-0.1, -0.05) is 41.6 Å². The van der Waals surface area contributed by atoms with Crippen LogP contribution in [0.3, 0.4) is 0 Å². The van der Waals surface area contributed by atoms with Crippen molar-refractivity contribution in [2.75, 3.05) is 5.01 Å². The van der Waals surface area contributed by atoms with Crippen LogP contribution in [-0.2, 0) is 9.59 Å². The number of rotatable bonds is 4. The molecule has 4 rings (SSSR count). The van der Waals surface area contributed by atoms with Gasteiger partial charge in [0.05, 0.1) is 10.2 Å². The van der Waals surface area contributed by atoms with E-state index in [0.717, 1.165) is 9.37 Å². The summed E-state index contributed by atoms with van der Waals surface area (Å²) in [5.41, 5.74) is 3.16. The highest BCUT2D eigenvalue weighted by molar-refractivity contribution is 9.10. The minimum absolute atomic E-state index is 0.00754. The first-order valence-corrected chi connectivity index (χ1v) is 10.1. The molecule has 0 atom stereocenters. The van der Waals surface area contributed by atoms with Crippen LogP contribution in [0.15, 0.2) is 85.1 Å². The zero-order valence-electron chi connectivity index (χ0n) is 14.2. The Labute approximate surface area is 178 Å². The van der Waals surface area contributed by atoms with Crippen LogP contribution in [0.5, 0.6) is 0 Å². The number of hydrazine groups is 1. The van der Waals surface area contributed by atoms with Crippen molar-refractivity contribution in [3.8, 4) is 0 Å². The summed E-state index contributed by atoms with van der Waals surface area (Å²) in [6.07, 6.45) is 1.44. The highest BCUT2D eigenvalue weighted by atomic mass is 79.9. The van der Waals surface area contributed by atoms with Gasteiger partial charge >= 0.3 is 0 Å². The van der Waals surface area contributed by atoms with Crippen LogP contribution in [0.2, 0.25) is 5.02 Å². The van der Waals surface area contributed by atoms with Gasteiger partial charge in [0.25, 0.3) is 11.8 Å². The number of benzene rings is 2. The molecule has 2 heterocycles. The fraction of sp³-hybridized carbons (Fsp3) is 0. The molecule has 1 aliphatic heterocycles. The fourth-order valence-electron chi connectivity index (χ4n) is 2.58. The first-order valence-electron chi connectivity index (χ1n) is 8.16. The SMILES string of the molecule is O=C1NN(c2ccccc2)C(=O)/C1=C\c1cc(Br)c(Sc2ccc(Cl)cc2)o1. The number of nitrogens with zero attached hydrogens (tertiary/aromatic N) is 1. The molecule has 2 amide bonds. The monoisotopic (exact) mass is 474 g/mol. The Morgan fingerprint density at radius 2 is 1.79 bits per heavy atom. The summed E-state index contributed by atoms with van der Waals surface area (Å²) in [4.78, 5) is 25.9. The highest BCUT2D eigenvalue weighted by Crippen LogP contribution is 2.37. The number of furan rings is 1. The summed E-state index contributed by atoms with van der Waals surface area (Å²) in [6, 6.07) is 18.0. The minimum atomic E-state index is -0.478. The number of carbonyl (C=O) groups excluding carboxylic acids is 2. The van der Waals surface area contributed by atoms with Gasteiger partial charge in [-0.05, 0) is 64.5 Å². The van der Waals surface area contributed by atoms with E-state index < -0.39 is 11.8 Å². The van der Waals surface area contributed by atoms with Crippen LogP contribution >= 0.6 is 39.3 Å². The Bertz CT molecular complexity index is 1080. The predicted octanol–water partition coefficient (Wildman–Crippen LogP) is 5.31. The van der Waals surface area contributed by atoms with E-state index in [9.17, 15) is 9.59 Å². The minimum Gasteiger partial charge on any atom is -0.449 e. The molecule has 0 radical (unpaired) electrons. The molecule has 28 heavy (non-hydrogen) atoms. The van der Waals surface area contributed by atoms with Gasteiger partial charge in [0.2, 0.25) is 0 Å². The van der Waals surface area contributed by atoms with E-state index in [1.165, 1.54) is 22.8 Å². The molecule has 140 valence electrons. The number of carbonyl (C=O) groups is 2. The van der Waals surface area contributed by atoms with Crippen LogP contribution in [0.25, 0.3) is 6.08 Å². The van der Waals surface area contributed by atoms with Gasteiger partial charge < -0.3 is 4.42 Å². The third kappa shape index (κ3) is 3.87. The molecule has 0 spiro atoms. The van der Waals surface area contributed by atoms with Crippen molar-refractivity contribution in [1.82, 2.24) is 5.43 Å². The van der Waals surface area contributed by atoms with E-state index in [4.69, 9.17) is 16.0 Å². The van der Waals surface area contributed by atoms with E-state index in [1.54, 1.807) is 42.5 Å². The van der Waals surface area contributed by atoms with Crippen LogP contribution in [0, 0.1) is 0 Å². The Morgan fingerprint density at radius 1 is 1.07 bits per heavy atom. The lowest BCUT2D eigenvalue weighted by molar-refractivity contribution is -0.117. The summed E-state index contributed by atoms with van der Waals surface area (Å²) >= 11 is 10.8. The number of hydrogen-bond acceptors (Lipinski definition) is 4. The van der Waals surface area contributed by atoms with Crippen molar-refractivity contribution in [2.45, 2.75) is 9.99 Å². The molecule has 5 nitrogen and oxygen atoms in total. The molecule has 1 aromatic heterocycles. The second kappa shape index (κ2) is 7.87. The lowest BCUT2D eigenvalue weighted by Gasteiger charge is -2.13. The molecule has 8 heteroatoms. The van der Waals surface area contributed by atoms with E-state index in [-0.39, 0.29) is 5.57 Å². The standard InChI is InChI=1S/C20H12BrClN2O3S/c21-17-11-14(27-20(17)28-15-8-6-12(22)7-9-15)10-16-18(25)23-24(19(16)26)13-4-2-1-3-5-13/h1-11H,(H,23,25)/b16-10-. The summed E-state index contributed by atoms with van der Waals surface area (Å²) < 4.78 is 6.53. The average Bonchev–Trinajstić information content (AvgIpc) is 3.18. The molecular formula is C20H12BrClN2O3S. The Hall–Kier alpha value is -2.48. The Kier molecular flexibility index (Phi) is 5.30. The van der Waals surface area contributed by atoms with Gasteiger partial charge in [-0.3, -0.25) is 15.0 Å². The number of para-hydroxylation sites is 1. The second-order valence-corrected chi connectivity index (χ2v) is 8.15. The summed E-state index contributed by atoms with van der Waals surface area (Å²) in [5.74, 6) is -0.513. The molecule has 2 aromatic carbocycles. The van der Waals surface area contributed by atoms with Crippen LogP contribution in [-0.4, -0.2) is 11.8 Å². The molecule has 1 aliphatic rings. The number of halogens is 2. The summed E-state index contributed by atoms with van der Waals surface area (Å²) in [7, 11) is 0. The lowest BCUT2D eigenvalue weighted by Crippen LogP contribution is -2.35. The molecule has 1 N–H and O–H groups in total. The smallest absolute Gasteiger partial charge is 0.282 e. The second-order valence-electron chi connectivity index (χ2n) is 5.82. The molecule has 1 saturated heterocycles. The van der Waals surface area contributed by atoms with Gasteiger partial charge in [0.1, 0.15) is 11.3 Å². The van der Waals surface area contributed by atoms with Gasteiger partial charge in [0, 0.05) is 9.92 Å². The molecule has 0 saturated carbocycles. The zero-order valence-corrected chi connectivity index (χ0v) is 17.3. The number of amides is 2. The third-order valence-corrected chi connectivity index (χ3v) is 5.99. The Morgan fingerprint density at radius 3 is 2.50 bits per heavy atom. The highest BCUT2D eigenvalue weighted by Gasteiger charge is 2.34. The van der Waals surface area contributed by atoms with Gasteiger partial charge in [-0.2, -0.15) is 0 Å². The van der Waals surface area contributed by atoms with Crippen molar-refractivity contribution >= 4 is 62.9 Å². The molecule has 0 unspecified atom stereocenters. The van der Waals surface area contributed by atoms with E-state index in [2.05, 4.69) is 21.4 Å². The maximum absolute atomic E-state index is 12.6. The molecular weight excluding hydrogens is 464 g/mol. The number of nitrogens with one attached hydrogen (secondary N) is 1. The molecule has 3 aromatic rings. The normalized spacial score (nSPS) is 15.4. The van der Waals surface area contributed by atoms with Crippen molar-refractivity contribution in [3.05, 3.63) is 81.5 Å². The van der Waals surface area contributed by atoms with Crippen LogP contribution in [0.4, 0.5) is 5.69 Å². The zero-order chi connectivity index (χ0) is 19.7. The number of anilines is 1. The summed E-state index contributed by atoms with van der Waals surface area (Å²) in [6.45, 7) is 0. The fourth-order valence-corrected chi connectivity index (χ4v) is 4.03. The van der Waals surface area contributed by atoms with Crippen LogP contribution in [0.1, 0.15) is 5.76 Å². The lowest BCUT2D eigenvalue weighted by atomic mass is 10.2. The van der Waals surface area contributed by atoms with Gasteiger partial charge in [-0.25, -0.2) is 5.01 Å². The molecule has 1 fully saturated rings. The predicted molar refractivity (Wildman–Crippen MR) is 112 cm³/mol. The third-order valence-electron chi connectivity index (χ3n) is 3.89. The van der Waals surface area contributed by atoms with Crippen LogP contribution < -0.4 is 10.4 Å². The first-order chi connectivity index (χ1) is 13.5. The maximum atomic E-state index is 12.6. The molecule has 0 bridgehead atoms. The topological polar surface area (TPSA) is 62.6 Å². The largest absolute Gasteiger partial charge is 0.449 e. The van der Waals surface area contributed by atoms with Crippen molar-refractivity contribution in [2.24, 2.45) is 0 Å². The molecule has 0 aliphatic carbocycles. The van der Waals surface area contributed by atoms with Crippen molar-refractivity contribution in [1.29, 1.82) is 0 Å². The van der Waals surface area contributed by atoms with Crippen molar-refractivity contribution in [3.63, 3.8) is 0 Å². The van der Waals surface area contributed by atoms with Crippen molar-refractivity contribution < 1.29 is 14.0 Å². The summed E-state index contributed by atoms with van der Waals surface area (Å²) in [5, 5.41) is 2.48. The quantitative estimate of drug-likeness (QED) is 0.410. The van der Waals surface area contributed by atoms with Gasteiger partial charge in [-0.15, -0.1) is 0 Å². The van der Waals surface area contributed by atoms with E-state index >= 15 is 0 Å². The maximum Gasteiger partial charge on any atom is 0.282 e. The van der Waals surface area contributed by atoms with Gasteiger partial charge in [0.15, 0.2) is 5.09 Å². The van der Waals surface area contributed by atoms with E-state index in [0.29, 0.717) is 21.6 Å². The van der Waals surface area contributed by atoms with E-state index in [1.807, 2.05) is 18.2 Å². The first kappa shape index (κ1) is 18.9. The Balaban J connectivity index is 1.58. The average molecular weight is 476 g/mol.